The van der Waals surface area contributed by atoms with Crippen LogP contribution in [0.2, 0.25) is 0 Å². The highest BCUT2D eigenvalue weighted by Gasteiger charge is 2.23. The Morgan fingerprint density at radius 2 is 1.82 bits per heavy atom. The van der Waals surface area contributed by atoms with Crippen molar-refractivity contribution in [3.63, 3.8) is 0 Å². The molecule has 0 spiro atoms. The molecule has 0 aromatic heterocycles. The van der Waals surface area contributed by atoms with Crippen molar-refractivity contribution in [2.45, 2.75) is 19.5 Å². The summed E-state index contributed by atoms with van der Waals surface area (Å²) < 4.78 is 5.25. The fourth-order valence-corrected chi connectivity index (χ4v) is 2.58. The Kier molecular flexibility index (Phi) is 5.03. The lowest BCUT2D eigenvalue weighted by molar-refractivity contribution is -0.908. The van der Waals surface area contributed by atoms with Crippen molar-refractivity contribution in [1.29, 1.82) is 0 Å². The normalized spacial score (nSPS) is 13.7. The molecule has 2 aromatic rings. The molecule has 1 N–H and O–H groups in total. The van der Waals surface area contributed by atoms with Crippen LogP contribution in [0.15, 0.2) is 36.4 Å². The van der Waals surface area contributed by atoms with Gasteiger partial charge in [0, 0.05) is 19.7 Å². The Balaban J connectivity index is 2.16. The van der Waals surface area contributed by atoms with E-state index in [1.165, 1.54) is 15.8 Å². The summed E-state index contributed by atoms with van der Waals surface area (Å²) in [4.78, 5) is 14.9. The molecule has 1 amide bonds. The molecule has 1 unspecified atom stereocenters. The van der Waals surface area contributed by atoms with Gasteiger partial charge in [0.05, 0.1) is 14.2 Å². The number of nitrogens with zero attached hydrogens (tertiary/aromatic N) is 1. The van der Waals surface area contributed by atoms with Crippen LogP contribution in [0.3, 0.4) is 0 Å². The van der Waals surface area contributed by atoms with E-state index in [2.05, 4.69) is 31.3 Å². The Morgan fingerprint density at radius 1 is 1.18 bits per heavy atom. The molecule has 0 aliphatic rings. The Labute approximate surface area is 132 Å². The van der Waals surface area contributed by atoms with E-state index in [0.717, 1.165) is 17.7 Å². The van der Waals surface area contributed by atoms with Crippen molar-refractivity contribution < 1.29 is 14.4 Å². The maximum absolute atomic E-state index is 12.0. The van der Waals surface area contributed by atoms with Crippen molar-refractivity contribution in [3.05, 3.63) is 42.0 Å². The number of amides is 1. The number of ether oxygens (including phenoxy) is 1. The average Bonchev–Trinajstić information content (AvgIpc) is 2.52. The zero-order valence-corrected chi connectivity index (χ0v) is 14.0. The molecule has 0 aliphatic heterocycles. The summed E-state index contributed by atoms with van der Waals surface area (Å²) >= 11 is 0. The molecule has 4 nitrogen and oxygen atoms in total. The van der Waals surface area contributed by atoms with Gasteiger partial charge >= 0.3 is 0 Å². The Morgan fingerprint density at radius 3 is 2.45 bits per heavy atom. The fraction of sp³-hybridized carbons (Fsp3) is 0.389. The number of hydrogen-bond acceptors (Lipinski definition) is 2. The van der Waals surface area contributed by atoms with E-state index in [-0.39, 0.29) is 11.9 Å². The fourth-order valence-electron chi connectivity index (χ4n) is 2.58. The van der Waals surface area contributed by atoms with Gasteiger partial charge in [-0.1, -0.05) is 18.2 Å². The number of quaternary nitrogens is 1. The molecule has 0 bridgehead atoms. The molecule has 2 rings (SSSR count). The summed E-state index contributed by atoms with van der Waals surface area (Å²) in [7, 11) is 7.34. The Hall–Kier alpha value is -2.07. The molecular weight excluding hydrogens is 276 g/mol. The lowest BCUT2D eigenvalue weighted by Crippen LogP contribution is -3.12. The van der Waals surface area contributed by atoms with Gasteiger partial charge in [0.15, 0.2) is 6.04 Å². The molecule has 0 saturated carbocycles. The van der Waals surface area contributed by atoms with Gasteiger partial charge in [-0.2, -0.15) is 0 Å². The second kappa shape index (κ2) is 6.79. The number of hydrogen-bond donors (Lipinski definition) is 1. The van der Waals surface area contributed by atoms with Crippen molar-refractivity contribution in [3.8, 4) is 5.75 Å². The first kappa shape index (κ1) is 16.3. The number of nitrogens with one attached hydrogen (secondary N) is 1. The van der Waals surface area contributed by atoms with E-state index in [0.29, 0.717) is 0 Å². The number of carbonyl (C=O) groups excluding carboxylic acids is 1. The molecule has 118 valence electrons. The van der Waals surface area contributed by atoms with Gasteiger partial charge in [-0.3, -0.25) is 4.79 Å². The summed E-state index contributed by atoms with van der Waals surface area (Å²) in [6.45, 7) is 2.80. The predicted molar refractivity (Wildman–Crippen MR) is 89.2 cm³/mol. The number of methoxy groups -OCH3 is 1. The van der Waals surface area contributed by atoms with E-state index in [4.69, 9.17) is 4.74 Å². The highest BCUT2D eigenvalue weighted by molar-refractivity contribution is 5.84. The summed E-state index contributed by atoms with van der Waals surface area (Å²) in [5.74, 6) is 1.02. The van der Waals surface area contributed by atoms with E-state index >= 15 is 0 Å². The highest BCUT2D eigenvalue weighted by atomic mass is 16.5. The predicted octanol–water partition coefficient (Wildman–Crippen LogP) is 1.34. The minimum absolute atomic E-state index is 0.0541. The van der Waals surface area contributed by atoms with E-state index < -0.39 is 0 Å². The first-order valence-electron chi connectivity index (χ1n) is 7.52. The maximum Gasteiger partial charge on any atom is 0.280 e. The standard InChI is InChI=1S/C18H24N2O2/c1-13(18(21)19(2)3)20(4)12-14-6-7-16-11-17(22-5)9-8-15(16)10-14/h6-11,13H,12H2,1-5H3/p+1/t13-/m0/s1. The second-order valence-electron chi connectivity index (χ2n) is 6.02. The number of fused-ring (bicyclic) bond motifs is 1. The molecule has 0 heterocycles. The number of carbonyl (C=O) groups is 1. The van der Waals surface area contributed by atoms with Gasteiger partial charge < -0.3 is 14.5 Å². The SMILES string of the molecule is COc1ccc2cc(C[NH+](C)[C@@H](C)C(=O)N(C)C)ccc2c1. The van der Waals surface area contributed by atoms with Crippen LogP contribution in [0.1, 0.15) is 12.5 Å². The van der Waals surface area contributed by atoms with Crippen LogP contribution in [-0.2, 0) is 11.3 Å². The van der Waals surface area contributed by atoms with Crippen LogP contribution in [0.25, 0.3) is 10.8 Å². The molecular formula is C18H25N2O2+. The van der Waals surface area contributed by atoms with Gasteiger partial charge in [0.2, 0.25) is 0 Å². The third-order valence-electron chi connectivity index (χ3n) is 4.15. The van der Waals surface area contributed by atoms with Crippen LogP contribution in [0.5, 0.6) is 5.75 Å². The second-order valence-corrected chi connectivity index (χ2v) is 6.02. The van der Waals surface area contributed by atoms with E-state index in [9.17, 15) is 4.79 Å². The minimum Gasteiger partial charge on any atom is -0.497 e. The molecule has 22 heavy (non-hydrogen) atoms. The lowest BCUT2D eigenvalue weighted by atomic mass is 10.1. The highest BCUT2D eigenvalue weighted by Crippen LogP contribution is 2.21. The maximum atomic E-state index is 12.0. The molecule has 4 heteroatoms. The molecule has 0 fully saturated rings. The summed E-state index contributed by atoms with van der Waals surface area (Å²) in [6.07, 6.45) is 0. The number of rotatable bonds is 5. The molecule has 2 atom stereocenters. The van der Waals surface area contributed by atoms with E-state index in [1.54, 1.807) is 26.1 Å². The third-order valence-corrected chi connectivity index (χ3v) is 4.15. The van der Waals surface area contributed by atoms with Gasteiger partial charge in [-0.15, -0.1) is 0 Å². The lowest BCUT2D eigenvalue weighted by Gasteiger charge is -2.23. The largest absolute Gasteiger partial charge is 0.497 e. The van der Waals surface area contributed by atoms with Crippen LogP contribution < -0.4 is 9.64 Å². The van der Waals surface area contributed by atoms with Crippen LogP contribution in [0, 0.1) is 0 Å². The first-order chi connectivity index (χ1) is 10.4. The van der Waals surface area contributed by atoms with Crippen LogP contribution in [-0.4, -0.2) is 45.1 Å². The first-order valence-corrected chi connectivity index (χ1v) is 7.52. The zero-order chi connectivity index (χ0) is 16.3. The van der Waals surface area contributed by atoms with Crippen molar-refractivity contribution in [2.24, 2.45) is 0 Å². The average molecular weight is 301 g/mol. The quantitative estimate of drug-likeness (QED) is 0.904. The Bertz CT molecular complexity index is 667. The van der Waals surface area contributed by atoms with Crippen molar-refractivity contribution >= 4 is 16.7 Å². The summed E-state index contributed by atoms with van der Waals surface area (Å²) in [6, 6.07) is 12.4. The number of benzene rings is 2. The van der Waals surface area contributed by atoms with Crippen LogP contribution >= 0.6 is 0 Å². The van der Waals surface area contributed by atoms with Crippen LogP contribution in [0.4, 0.5) is 0 Å². The summed E-state index contributed by atoms with van der Waals surface area (Å²) in [5.41, 5.74) is 1.23. The summed E-state index contributed by atoms with van der Waals surface area (Å²) in [5, 5.41) is 2.36. The zero-order valence-electron chi connectivity index (χ0n) is 14.0. The monoisotopic (exact) mass is 301 g/mol. The van der Waals surface area contributed by atoms with Crippen molar-refractivity contribution in [2.75, 3.05) is 28.3 Å². The molecule has 0 saturated heterocycles. The number of likely N-dealkylation sites (N-methyl/N-ethyl adjacent to an activating group) is 2. The van der Waals surface area contributed by atoms with Gasteiger partial charge in [-0.05, 0) is 35.9 Å². The molecule has 0 radical (unpaired) electrons. The minimum atomic E-state index is -0.0541. The van der Waals surface area contributed by atoms with Gasteiger partial charge in [0.25, 0.3) is 5.91 Å². The van der Waals surface area contributed by atoms with Gasteiger partial charge in [-0.25, -0.2) is 0 Å². The topological polar surface area (TPSA) is 34.0 Å². The molecule has 2 aromatic carbocycles. The van der Waals surface area contributed by atoms with E-state index in [1.807, 2.05) is 19.1 Å². The smallest absolute Gasteiger partial charge is 0.280 e. The molecule has 0 aliphatic carbocycles. The third kappa shape index (κ3) is 3.57. The van der Waals surface area contributed by atoms with Gasteiger partial charge in [0.1, 0.15) is 12.3 Å². The van der Waals surface area contributed by atoms with Crippen molar-refractivity contribution in [1.82, 2.24) is 4.90 Å².